The van der Waals surface area contributed by atoms with Crippen molar-refractivity contribution in [3.63, 3.8) is 0 Å². The first kappa shape index (κ1) is 16.5. The molecular weight excluding hydrogens is 294 g/mol. The molecule has 2 amide bonds. The van der Waals surface area contributed by atoms with Gasteiger partial charge in [0.25, 0.3) is 0 Å². The molecule has 0 aliphatic rings. The molecule has 0 bridgehead atoms. The van der Waals surface area contributed by atoms with E-state index in [1.54, 1.807) is 19.3 Å². The fraction of sp³-hybridized carbons (Fsp3) is 0.235. The number of carbonyl (C=O) groups is 2. The maximum absolute atomic E-state index is 11.6. The first-order valence-corrected chi connectivity index (χ1v) is 7.35. The zero-order valence-electron chi connectivity index (χ0n) is 12.9. The van der Waals surface area contributed by atoms with E-state index in [-0.39, 0.29) is 6.54 Å². The van der Waals surface area contributed by atoms with Crippen LogP contribution in [0, 0.1) is 0 Å². The Morgan fingerprint density at radius 1 is 1.13 bits per heavy atom. The summed E-state index contributed by atoms with van der Waals surface area (Å²) >= 11 is 0. The number of nitrogens with zero attached hydrogens (tertiary/aromatic N) is 1. The van der Waals surface area contributed by atoms with Gasteiger partial charge in [-0.05, 0) is 35.7 Å². The van der Waals surface area contributed by atoms with E-state index in [0.717, 1.165) is 16.7 Å². The van der Waals surface area contributed by atoms with Crippen LogP contribution >= 0.6 is 0 Å². The van der Waals surface area contributed by atoms with Crippen LogP contribution in [0.15, 0.2) is 48.8 Å². The van der Waals surface area contributed by atoms with Crippen LogP contribution in [-0.4, -0.2) is 30.1 Å². The molecule has 0 atom stereocenters. The molecule has 0 saturated heterocycles. The van der Waals surface area contributed by atoms with E-state index in [0.29, 0.717) is 13.2 Å². The van der Waals surface area contributed by atoms with E-state index < -0.39 is 12.0 Å². The first-order valence-electron chi connectivity index (χ1n) is 7.35. The van der Waals surface area contributed by atoms with Crippen LogP contribution in [0.5, 0.6) is 0 Å². The average Bonchev–Trinajstić information content (AvgIpc) is 2.59. The van der Waals surface area contributed by atoms with Gasteiger partial charge in [-0.25, -0.2) is 4.79 Å². The third-order valence-electron chi connectivity index (χ3n) is 3.07. The van der Waals surface area contributed by atoms with Crippen molar-refractivity contribution < 1.29 is 14.3 Å². The Kier molecular flexibility index (Phi) is 6.11. The molecule has 1 aromatic carbocycles. The van der Waals surface area contributed by atoms with Crippen LogP contribution < -0.4 is 10.6 Å². The molecule has 1 heterocycles. The lowest BCUT2D eigenvalue weighted by Gasteiger charge is -2.08. The third kappa shape index (κ3) is 5.43. The monoisotopic (exact) mass is 313 g/mol. The van der Waals surface area contributed by atoms with Crippen LogP contribution in [0.25, 0.3) is 11.1 Å². The SMILES string of the molecule is CCOC(=O)CNC(=O)NCc1cccc(-c2cccnc2)c1. The summed E-state index contributed by atoms with van der Waals surface area (Å²) in [5.74, 6) is -0.457. The van der Waals surface area contributed by atoms with Crippen molar-refractivity contribution in [2.24, 2.45) is 0 Å². The Bertz CT molecular complexity index is 659. The number of ether oxygens (including phenoxy) is 1. The second kappa shape index (κ2) is 8.53. The Morgan fingerprint density at radius 2 is 1.96 bits per heavy atom. The summed E-state index contributed by atoms with van der Waals surface area (Å²) in [7, 11) is 0. The highest BCUT2D eigenvalue weighted by Gasteiger charge is 2.06. The van der Waals surface area contributed by atoms with Crippen molar-refractivity contribution in [1.29, 1.82) is 0 Å². The third-order valence-corrected chi connectivity index (χ3v) is 3.07. The highest BCUT2D eigenvalue weighted by Crippen LogP contribution is 2.18. The van der Waals surface area contributed by atoms with Crippen molar-refractivity contribution in [1.82, 2.24) is 15.6 Å². The van der Waals surface area contributed by atoms with E-state index >= 15 is 0 Å². The molecule has 6 nitrogen and oxygen atoms in total. The number of pyridine rings is 1. The van der Waals surface area contributed by atoms with E-state index in [1.807, 2.05) is 36.4 Å². The minimum absolute atomic E-state index is 0.143. The van der Waals surface area contributed by atoms with Crippen LogP contribution in [0.1, 0.15) is 12.5 Å². The lowest BCUT2D eigenvalue weighted by Crippen LogP contribution is -2.38. The number of aromatic nitrogens is 1. The summed E-state index contributed by atoms with van der Waals surface area (Å²) in [6, 6.07) is 11.3. The molecule has 0 fully saturated rings. The van der Waals surface area contributed by atoms with Crippen molar-refractivity contribution in [2.45, 2.75) is 13.5 Å². The van der Waals surface area contributed by atoms with E-state index in [2.05, 4.69) is 15.6 Å². The van der Waals surface area contributed by atoms with Gasteiger partial charge >= 0.3 is 12.0 Å². The van der Waals surface area contributed by atoms with Gasteiger partial charge in [-0.1, -0.05) is 24.3 Å². The molecule has 0 saturated carbocycles. The molecule has 2 rings (SSSR count). The number of benzene rings is 1. The van der Waals surface area contributed by atoms with Gasteiger partial charge in [0.05, 0.1) is 6.61 Å². The molecule has 0 radical (unpaired) electrons. The molecule has 0 spiro atoms. The number of rotatable bonds is 6. The molecule has 0 aliphatic carbocycles. The van der Waals surface area contributed by atoms with Crippen molar-refractivity contribution >= 4 is 12.0 Å². The number of urea groups is 1. The normalized spacial score (nSPS) is 9.96. The maximum atomic E-state index is 11.6. The van der Waals surface area contributed by atoms with Crippen molar-refractivity contribution in [3.8, 4) is 11.1 Å². The number of nitrogens with one attached hydrogen (secondary N) is 2. The highest BCUT2D eigenvalue weighted by atomic mass is 16.5. The molecule has 120 valence electrons. The number of hydrogen-bond acceptors (Lipinski definition) is 4. The zero-order chi connectivity index (χ0) is 16.5. The number of carbonyl (C=O) groups excluding carboxylic acids is 2. The lowest BCUT2D eigenvalue weighted by molar-refractivity contribution is -0.141. The Labute approximate surface area is 134 Å². The van der Waals surface area contributed by atoms with E-state index in [9.17, 15) is 9.59 Å². The van der Waals surface area contributed by atoms with Gasteiger partial charge in [0.2, 0.25) is 0 Å². The summed E-state index contributed by atoms with van der Waals surface area (Å²) in [5, 5.41) is 5.15. The van der Waals surface area contributed by atoms with Crippen molar-refractivity contribution in [3.05, 3.63) is 54.4 Å². The number of hydrogen-bond donors (Lipinski definition) is 2. The van der Waals surface area contributed by atoms with Gasteiger partial charge in [0.1, 0.15) is 6.54 Å². The fourth-order valence-corrected chi connectivity index (χ4v) is 2.00. The van der Waals surface area contributed by atoms with Crippen LogP contribution in [0.3, 0.4) is 0 Å². The minimum Gasteiger partial charge on any atom is -0.465 e. The summed E-state index contributed by atoms with van der Waals surface area (Å²) in [6.45, 7) is 2.23. The summed E-state index contributed by atoms with van der Waals surface area (Å²) in [6.07, 6.45) is 3.52. The minimum atomic E-state index is -0.457. The topological polar surface area (TPSA) is 80.3 Å². The standard InChI is InChI=1S/C17H19N3O3/c1-2-23-16(21)12-20-17(22)19-10-13-5-3-6-14(9-13)15-7-4-8-18-11-15/h3-9,11H,2,10,12H2,1H3,(H2,19,20,22). The molecule has 1 aromatic heterocycles. The summed E-state index contributed by atoms with van der Waals surface area (Å²) < 4.78 is 4.73. The smallest absolute Gasteiger partial charge is 0.325 e. The molecule has 2 aromatic rings. The van der Waals surface area contributed by atoms with Gasteiger partial charge in [-0.15, -0.1) is 0 Å². The molecule has 6 heteroatoms. The van der Waals surface area contributed by atoms with E-state index in [4.69, 9.17) is 4.74 Å². The van der Waals surface area contributed by atoms with Gasteiger partial charge in [-0.2, -0.15) is 0 Å². The van der Waals surface area contributed by atoms with Crippen LogP contribution in [0.2, 0.25) is 0 Å². The van der Waals surface area contributed by atoms with Crippen LogP contribution in [-0.2, 0) is 16.1 Å². The van der Waals surface area contributed by atoms with Gasteiger partial charge in [0, 0.05) is 18.9 Å². The van der Waals surface area contributed by atoms with Gasteiger partial charge in [0.15, 0.2) is 0 Å². The Balaban J connectivity index is 1.86. The molecule has 23 heavy (non-hydrogen) atoms. The maximum Gasteiger partial charge on any atom is 0.325 e. The fourth-order valence-electron chi connectivity index (χ4n) is 2.00. The predicted octanol–water partition coefficient (Wildman–Crippen LogP) is 2.11. The summed E-state index contributed by atoms with van der Waals surface area (Å²) in [5.41, 5.74) is 3.00. The zero-order valence-corrected chi connectivity index (χ0v) is 12.9. The number of amides is 2. The van der Waals surface area contributed by atoms with Crippen LogP contribution in [0.4, 0.5) is 4.79 Å². The largest absolute Gasteiger partial charge is 0.465 e. The first-order chi connectivity index (χ1) is 11.2. The average molecular weight is 313 g/mol. The van der Waals surface area contributed by atoms with E-state index in [1.165, 1.54) is 0 Å². The predicted molar refractivity (Wildman–Crippen MR) is 86.5 cm³/mol. The molecule has 0 aliphatic heterocycles. The Hall–Kier alpha value is -2.89. The molecular formula is C17H19N3O3. The summed E-state index contributed by atoms with van der Waals surface area (Å²) in [4.78, 5) is 26.9. The second-order valence-electron chi connectivity index (χ2n) is 4.78. The molecule has 2 N–H and O–H groups in total. The quantitative estimate of drug-likeness (QED) is 0.800. The second-order valence-corrected chi connectivity index (χ2v) is 4.78. The Morgan fingerprint density at radius 3 is 2.70 bits per heavy atom. The van der Waals surface area contributed by atoms with Gasteiger partial charge < -0.3 is 15.4 Å². The van der Waals surface area contributed by atoms with Gasteiger partial charge in [-0.3, -0.25) is 9.78 Å². The number of esters is 1. The highest BCUT2D eigenvalue weighted by molar-refractivity contribution is 5.80. The molecule has 0 unspecified atom stereocenters. The lowest BCUT2D eigenvalue weighted by atomic mass is 10.0. The van der Waals surface area contributed by atoms with Crippen molar-refractivity contribution in [2.75, 3.05) is 13.2 Å².